The highest BCUT2D eigenvalue weighted by atomic mass is 16.6. The minimum atomic E-state index is -0.613. The molecule has 0 bridgehead atoms. The smallest absolute Gasteiger partial charge is 0.412 e. The molecule has 0 fully saturated rings. The lowest BCUT2D eigenvalue weighted by atomic mass is 10.2. The fourth-order valence-corrected chi connectivity index (χ4v) is 1.50. The molecule has 0 saturated carbocycles. The summed E-state index contributed by atoms with van der Waals surface area (Å²) in [5.41, 5.74) is 0.276. The van der Waals surface area contributed by atoms with Gasteiger partial charge in [0, 0.05) is 10.5 Å². The normalized spacial score (nSPS) is 10.8. The molecule has 0 aliphatic rings. The molecule has 0 radical (unpaired) electrons. The van der Waals surface area contributed by atoms with Crippen molar-refractivity contribution in [2.24, 2.45) is 0 Å². The number of hydrogen-bond donors (Lipinski definition) is 1. The molecule has 0 atom stereocenters. The van der Waals surface area contributed by atoms with Crippen LogP contribution in [0.3, 0.4) is 0 Å². The molecule has 0 aliphatic heterocycles. The molecule has 7 nitrogen and oxygen atoms in total. The minimum absolute atomic E-state index is 0.303. The third-order valence-electron chi connectivity index (χ3n) is 2.21. The van der Waals surface area contributed by atoms with Gasteiger partial charge in [-0.05, 0) is 32.9 Å². The fourth-order valence-electron chi connectivity index (χ4n) is 1.50. The molecule has 1 aromatic rings. The molecule has 1 N–H and O–H groups in total. The summed E-state index contributed by atoms with van der Waals surface area (Å²) >= 11 is 0. The van der Waals surface area contributed by atoms with Crippen molar-refractivity contribution in [1.29, 1.82) is 0 Å². The maximum Gasteiger partial charge on any atom is 0.412 e. The lowest BCUT2D eigenvalue weighted by molar-refractivity contribution is -0.496. The average Bonchev–Trinajstić information content (AvgIpc) is 2.27. The average molecular weight is 282 g/mol. The van der Waals surface area contributed by atoms with Gasteiger partial charge in [0.05, 0.1) is 12.8 Å². The number of ether oxygens (including phenoxy) is 2. The van der Waals surface area contributed by atoms with Crippen LogP contribution in [0.2, 0.25) is 0 Å². The summed E-state index contributed by atoms with van der Waals surface area (Å²) in [6, 6.07) is 4.61. The fraction of sp³-hybridized carbons (Fsp3) is 0.462. The summed E-state index contributed by atoms with van der Waals surface area (Å²) < 4.78 is 10.2. The van der Waals surface area contributed by atoms with Crippen molar-refractivity contribution in [3.63, 3.8) is 0 Å². The van der Waals surface area contributed by atoms with Crippen molar-refractivity contribution < 1.29 is 19.2 Å². The van der Waals surface area contributed by atoms with E-state index in [0.29, 0.717) is 17.0 Å². The van der Waals surface area contributed by atoms with E-state index < -0.39 is 16.6 Å². The number of hydrogen-bond acceptors (Lipinski definition) is 5. The number of nitrogens with zero attached hydrogens (tertiary/aromatic N) is 1. The molecular weight excluding hydrogens is 264 g/mol. The first-order valence-corrected chi connectivity index (χ1v) is 6.00. The van der Waals surface area contributed by atoms with Gasteiger partial charge in [-0.2, -0.15) is 0 Å². The van der Waals surface area contributed by atoms with Crippen LogP contribution in [-0.2, 0) is 11.3 Å². The third-order valence-corrected chi connectivity index (χ3v) is 2.21. The van der Waals surface area contributed by atoms with Crippen molar-refractivity contribution in [3.8, 4) is 5.75 Å². The zero-order valence-electron chi connectivity index (χ0n) is 11.9. The van der Waals surface area contributed by atoms with E-state index in [-0.39, 0.29) is 6.54 Å². The molecule has 0 heterocycles. The van der Waals surface area contributed by atoms with E-state index >= 15 is 0 Å². The zero-order chi connectivity index (χ0) is 15.3. The lowest BCUT2D eigenvalue weighted by Gasteiger charge is -2.20. The third kappa shape index (κ3) is 5.13. The van der Waals surface area contributed by atoms with E-state index in [2.05, 4.69) is 5.32 Å². The van der Waals surface area contributed by atoms with Crippen LogP contribution < -0.4 is 10.1 Å². The van der Waals surface area contributed by atoms with Crippen molar-refractivity contribution in [3.05, 3.63) is 33.9 Å². The molecule has 1 rings (SSSR count). The zero-order valence-corrected chi connectivity index (χ0v) is 11.9. The summed E-state index contributed by atoms with van der Waals surface area (Å²) in [4.78, 5) is 21.7. The predicted molar refractivity (Wildman–Crippen MR) is 73.5 cm³/mol. The minimum Gasteiger partial charge on any atom is -0.495 e. The highest BCUT2D eigenvalue weighted by molar-refractivity contribution is 5.87. The van der Waals surface area contributed by atoms with Gasteiger partial charge in [-0.3, -0.25) is 15.4 Å². The van der Waals surface area contributed by atoms with Gasteiger partial charge in [-0.25, -0.2) is 4.79 Å². The molecule has 110 valence electrons. The highest BCUT2D eigenvalue weighted by Crippen LogP contribution is 2.26. The molecule has 1 amide bonds. The van der Waals surface area contributed by atoms with E-state index in [4.69, 9.17) is 9.47 Å². The van der Waals surface area contributed by atoms with E-state index in [1.807, 2.05) is 0 Å². The van der Waals surface area contributed by atoms with E-state index in [1.165, 1.54) is 13.2 Å². The van der Waals surface area contributed by atoms with Gasteiger partial charge in [0.25, 0.3) is 0 Å². The van der Waals surface area contributed by atoms with Gasteiger partial charge < -0.3 is 9.47 Å². The van der Waals surface area contributed by atoms with Gasteiger partial charge in [-0.15, -0.1) is 0 Å². The first kappa shape index (κ1) is 15.7. The number of anilines is 1. The van der Waals surface area contributed by atoms with Crippen LogP contribution in [-0.4, -0.2) is 23.7 Å². The molecule has 0 aromatic heterocycles. The van der Waals surface area contributed by atoms with E-state index in [1.54, 1.807) is 32.9 Å². The first-order chi connectivity index (χ1) is 9.21. The Morgan fingerprint density at radius 2 is 2.05 bits per heavy atom. The number of amides is 1. The van der Waals surface area contributed by atoms with Crippen molar-refractivity contribution in [2.75, 3.05) is 12.4 Å². The van der Waals surface area contributed by atoms with Crippen LogP contribution in [0.25, 0.3) is 0 Å². The second kappa shape index (κ2) is 6.23. The Morgan fingerprint density at radius 1 is 1.40 bits per heavy atom. The van der Waals surface area contributed by atoms with Crippen molar-refractivity contribution in [1.82, 2.24) is 0 Å². The number of nitro groups is 1. The summed E-state index contributed by atoms with van der Waals surface area (Å²) in [5, 5.41) is 13.0. The SMILES string of the molecule is COc1cc(C[N+](=O)[O-])ccc1NC(=O)OC(C)(C)C. The molecule has 0 aliphatic carbocycles. The molecule has 7 heteroatoms. The van der Waals surface area contributed by atoms with Crippen LogP contribution in [0.15, 0.2) is 18.2 Å². The second-order valence-electron chi connectivity index (χ2n) is 5.15. The molecule has 0 unspecified atom stereocenters. The summed E-state index contributed by atoms with van der Waals surface area (Å²) in [6.45, 7) is 4.96. The van der Waals surface area contributed by atoms with Crippen LogP contribution in [0.1, 0.15) is 26.3 Å². The topological polar surface area (TPSA) is 90.7 Å². The Morgan fingerprint density at radius 3 is 2.55 bits per heavy atom. The molecule has 0 saturated heterocycles. The Balaban J connectivity index is 2.85. The maximum absolute atomic E-state index is 11.7. The Kier molecular flexibility index (Phi) is 4.90. The maximum atomic E-state index is 11.7. The van der Waals surface area contributed by atoms with E-state index in [9.17, 15) is 14.9 Å². The number of benzene rings is 1. The highest BCUT2D eigenvalue weighted by Gasteiger charge is 2.18. The van der Waals surface area contributed by atoms with Gasteiger partial charge in [0.2, 0.25) is 6.54 Å². The number of nitrogens with one attached hydrogen (secondary N) is 1. The predicted octanol–water partition coefficient (Wildman–Crippen LogP) is 2.82. The van der Waals surface area contributed by atoms with Gasteiger partial charge in [-0.1, -0.05) is 6.07 Å². The Bertz CT molecular complexity index is 508. The second-order valence-corrected chi connectivity index (χ2v) is 5.15. The summed E-state index contributed by atoms with van der Waals surface area (Å²) in [6.07, 6.45) is -0.613. The summed E-state index contributed by atoms with van der Waals surface area (Å²) in [5.74, 6) is 0.343. The van der Waals surface area contributed by atoms with Gasteiger partial charge >= 0.3 is 6.09 Å². The van der Waals surface area contributed by atoms with Gasteiger partial charge in [0.1, 0.15) is 11.4 Å². The van der Waals surface area contributed by atoms with Crippen molar-refractivity contribution in [2.45, 2.75) is 32.9 Å². The summed E-state index contributed by atoms with van der Waals surface area (Å²) in [7, 11) is 1.42. The quantitative estimate of drug-likeness (QED) is 0.677. The molecule has 20 heavy (non-hydrogen) atoms. The molecular formula is C13H18N2O5. The Labute approximate surface area is 117 Å². The van der Waals surface area contributed by atoms with Crippen LogP contribution >= 0.6 is 0 Å². The molecule has 1 aromatic carbocycles. The lowest BCUT2D eigenvalue weighted by Crippen LogP contribution is -2.27. The first-order valence-electron chi connectivity index (χ1n) is 6.00. The van der Waals surface area contributed by atoms with Crippen LogP contribution in [0, 0.1) is 10.1 Å². The standard InChI is InChI=1S/C13H18N2O5/c1-13(2,3)20-12(16)14-10-6-5-9(8-15(17)18)7-11(10)19-4/h5-7H,8H2,1-4H3,(H,14,16). The number of carbonyl (C=O) groups excluding carboxylic acids is 1. The number of methoxy groups -OCH3 is 1. The monoisotopic (exact) mass is 282 g/mol. The van der Waals surface area contributed by atoms with Crippen LogP contribution in [0.5, 0.6) is 5.75 Å². The van der Waals surface area contributed by atoms with E-state index in [0.717, 1.165) is 0 Å². The largest absolute Gasteiger partial charge is 0.495 e. The number of carbonyl (C=O) groups is 1. The Hall–Kier alpha value is -2.31. The van der Waals surface area contributed by atoms with Crippen molar-refractivity contribution >= 4 is 11.8 Å². The number of rotatable bonds is 4. The van der Waals surface area contributed by atoms with Crippen LogP contribution in [0.4, 0.5) is 10.5 Å². The molecule has 0 spiro atoms. The van der Waals surface area contributed by atoms with Gasteiger partial charge in [0.15, 0.2) is 0 Å².